The summed E-state index contributed by atoms with van der Waals surface area (Å²) in [5.74, 6) is -1.24. The van der Waals surface area contributed by atoms with Crippen LogP contribution in [0.1, 0.15) is 32.1 Å². The smallest absolute Gasteiger partial charge is 0.305 e. The molecule has 6 heteroatoms. The molecular weight excluding hydrogens is 246 g/mol. The molecule has 2 heterocycles. The number of carbonyl (C=O) groups excluding carboxylic acids is 1. The van der Waals surface area contributed by atoms with Gasteiger partial charge < -0.3 is 15.7 Å². The summed E-state index contributed by atoms with van der Waals surface area (Å²) >= 11 is 0. The SMILES string of the molecule is NC(CC(=O)O)C(=O)N1CCCC(N2CCCC2)C1. The first-order valence-electron chi connectivity index (χ1n) is 7.08. The zero-order valence-electron chi connectivity index (χ0n) is 11.3. The molecule has 19 heavy (non-hydrogen) atoms. The molecule has 2 unspecified atom stereocenters. The van der Waals surface area contributed by atoms with Gasteiger partial charge in [0.1, 0.15) is 0 Å². The lowest BCUT2D eigenvalue weighted by atomic mass is 10.0. The van der Waals surface area contributed by atoms with E-state index in [2.05, 4.69) is 4.90 Å². The number of aliphatic carboxylic acids is 1. The van der Waals surface area contributed by atoms with Crippen molar-refractivity contribution in [3.63, 3.8) is 0 Å². The molecule has 2 saturated heterocycles. The molecule has 6 nitrogen and oxygen atoms in total. The Kier molecular flexibility index (Phi) is 4.76. The van der Waals surface area contributed by atoms with Crippen molar-refractivity contribution < 1.29 is 14.7 Å². The molecule has 108 valence electrons. The first kappa shape index (κ1) is 14.3. The minimum atomic E-state index is -1.02. The van der Waals surface area contributed by atoms with Gasteiger partial charge in [-0.05, 0) is 38.8 Å². The van der Waals surface area contributed by atoms with Gasteiger partial charge in [0, 0.05) is 19.1 Å². The number of hydrogen-bond acceptors (Lipinski definition) is 4. The van der Waals surface area contributed by atoms with Crippen LogP contribution in [-0.2, 0) is 9.59 Å². The van der Waals surface area contributed by atoms with Crippen molar-refractivity contribution in [3.05, 3.63) is 0 Å². The van der Waals surface area contributed by atoms with E-state index in [1.807, 2.05) is 0 Å². The number of nitrogens with zero attached hydrogens (tertiary/aromatic N) is 2. The lowest BCUT2D eigenvalue weighted by Crippen LogP contribution is -2.53. The average molecular weight is 269 g/mol. The summed E-state index contributed by atoms with van der Waals surface area (Å²) in [5, 5.41) is 8.70. The van der Waals surface area contributed by atoms with E-state index in [-0.39, 0.29) is 12.3 Å². The third kappa shape index (κ3) is 3.67. The minimum absolute atomic E-state index is 0.216. The molecule has 2 aliphatic rings. The molecule has 0 aliphatic carbocycles. The molecule has 2 fully saturated rings. The fourth-order valence-electron chi connectivity index (χ4n) is 3.07. The normalized spacial score (nSPS) is 26.4. The molecule has 2 aliphatic heterocycles. The van der Waals surface area contributed by atoms with Gasteiger partial charge in [0.25, 0.3) is 0 Å². The Balaban J connectivity index is 1.89. The molecule has 0 saturated carbocycles. The summed E-state index contributed by atoms with van der Waals surface area (Å²) in [6.45, 7) is 3.64. The molecule has 0 aromatic rings. The quantitative estimate of drug-likeness (QED) is 0.742. The first-order valence-corrected chi connectivity index (χ1v) is 7.08. The van der Waals surface area contributed by atoms with Gasteiger partial charge in [-0.1, -0.05) is 0 Å². The standard InChI is InChI=1S/C13H23N3O3/c14-11(8-12(17)18)13(19)16-7-3-4-10(9-16)15-5-1-2-6-15/h10-11H,1-9,14H2,(H,17,18). The second-order valence-corrected chi connectivity index (χ2v) is 5.53. The van der Waals surface area contributed by atoms with Crippen LogP contribution in [0.5, 0.6) is 0 Å². The largest absolute Gasteiger partial charge is 0.481 e. The second-order valence-electron chi connectivity index (χ2n) is 5.53. The summed E-state index contributed by atoms with van der Waals surface area (Å²) in [6.07, 6.45) is 4.29. The van der Waals surface area contributed by atoms with Crippen LogP contribution in [0, 0.1) is 0 Å². The molecule has 2 atom stereocenters. The van der Waals surface area contributed by atoms with Gasteiger partial charge in [0.15, 0.2) is 0 Å². The highest BCUT2D eigenvalue weighted by atomic mass is 16.4. The first-order chi connectivity index (χ1) is 9.08. The highest BCUT2D eigenvalue weighted by Crippen LogP contribution is 2.20. The van der Waals surface area contributed by atoms with Crippen molar-refractivity contribution in [1.29, 1.82) is 0 Å². The maximum Gasteiger partial charge on any atom is 0.305 e. The molecule has 2 rings (SSSR count). The van der Waals surface area contributed by atoms with E-state index in [4.69, 9.17) is 10.8 Å². The highest BCUT2D eigenvalue weighted by molar-refractivity contribution is 5.86. The molecule has 0 radical (unpaired) electrons. The number of rotatable bonds is 4. The molecule has 3 N–H and O–H groups in total. The van der Waals surface area contributed by atoms with Crippen LogP contribution >= 0.6 is 0 Å². The number of piperidine rings is 1. The van der Waals surface area contributed by atoms with E-state index in [1.54, 1.807) is 4.90 Å². The van der Waals surface area contributed by atoms with Gasteiger partial charge in [-0.15, -0.1) is 0 Å². The Labute approximate surface area is 113 Å². The minimum Gasteiger partial charge on any atom is -0.481 e. The van der Waals surface area contributed by atoms with Gasteiger partial charge in [0.2, 0.25) is 5.91 Å². The van der Waals surface area contributed by atoms with Crippen LogP contribution < -0.4 is 5.73 Å². The van der Waals surface area contributed by atoms with Gasteiger partial charge in [-0.3, -0.25) is 14.5 Å². The van der Waals surface area contributed by atoms with Crippen LogP contribution in [0.25, 0.3) is 0 Å². The topological polar surface area (TPSA) is 86.9 Å². The zero-order chi connectivity index (χ0) is 13.8. The summed E-state index contributed by atoms with van der Waals surface area (Å²) in [4.78, 5) is 26.9. The molecule has 0 aromatic heterocycles. The van der Waals surface area contributed by atoms with Crippen molar-refractivity contribution in [1.82, 2.24) is 9.80 Å². The fraction of sp³-hybridized carbons (Fsp3) is 0.846. The van der Waals surface area contributed by atoms with Crippen LogP contribution in [0.4, 0.5) is 0 Å². The number of likely N-dealkylation sites (tertiary alicyclic amines) is 2. The summed E-state index contributed by atoms with van der Waals surface area (Å²) in [7, 11) is 0. The van der Waals surface area contributed by atoms with Gasteiger partial charge in [0.05, 0.1) is 12.5 Å². The Morgan fingerprint density at radius 2 is 1.89 bits per heavy atom. The Hall–Kier alpha value is -1.14. The van der Waals surface area contributed by atoms with Crippen LogP contribution in [0.15, 0.2) is 0 Å². The van der Waals surface area contributed by atoms with Crippen LogP contribution in [0.3, 0.4) is 0 Å². The summed E-state index contributed by atoms with van der Waals surface area (Å²) in [6, 6.07) is -0.480. The third-order valence-corrected chi connectivity index (χ3v) is 4.08. The number of nitrogens with two attached hydrogens (primary N) is 1. The van der Waals surface area contributed by atoms with E-state index in [1.165, 1.54) is 12.8 Å². The maximum atomic E-state index is 12.1. The summed E-state index contributed by atoms with van der Waals surface area (Å²) in [5.41, 5.74) is 5.66. The van der Waals surface area contributed by atoms with Crippen molar-refractivity contribution in [3.8, 4) is 0 Å². The van der Waals surface area contributed by atoms with E-state index in [0.717, 1.165) is 25.9 Å². The predicted molar refractivity (Wildman–Crippen MR) is 70.6 cm³/mol. The molecule has 1 amide bonds. The van der Waals surface area contributed by atoms with Gasteiger partial charge >= 0.3 is 5.97 Å². The lowest BCUT2D eigenvalue weighted by Gasteiger charge is -2.38. The summed E-state index contributed by atoms with van der Waals surface area (Å²) < 4.78 is 0. The van der Waals surface area contributed by atoms with E-state index in [9.17, 15) is 9.59 Å². The van der Waals surface area contributed by atoms with Crippen LogP contribution in [0.2, 0.25) is 0 Å². The number of carbonyl (C=O) groups is 2. The second kappa shape index (κ2) is 6.34. The van der Waals surface area contributed by atoms with Crippen LogP contribution in [-0.4, -0.2) is 65.0 Å². The molecule has 0 aromatic carbocycles. The van der Waals surface area contributed by atoms with E-state index < -0.39 is 12.0 Å². The fourth-order valence-corrected chi connectivity index (χ4v) is 3.07. The molecule has 0 bridgehead atoms. The predicted octanol–water partition coefficient (Wildman–Crippen LogP) is -0.125. The Morgan fingerprint density at radius 1 is 1.21 bits per heavy atom. The van der Waals surface area contributed by atoms with Crippen molar-refractivity contribution in [2.75, 3.05) is 26.2 Å². The molecular formula is C13H23N3O3. The Morgan fingerprint density at radius 3 is 2.53 bits per heavy atom. The number of hydrogen-bond donors (Lipinski definition) is 2. The van der Waals surface area contributed by atoms with Crippen molar-refractivity contribution >= 4 is 11.9 Å². The monoisotopic (exact) mass is 269 g/mol. The third-order valence-electron chi connectivity index (χ3n) is 4.08. The maximum absolute atomic E-state index is 12.1. The van der Waals surface area contributed by atoms with Gasteiger partial charge in [-0.25, -0.2) is 0 Å². The number of carboxylic acids is 1. The number of amides is 1. The lowest BCUT2D eigenvalue weighted by molar-refractivity contribution is -0.142. The van der Waals surface area contributed by atoms with Gasteiger partial charge in [-0.2, -0.15) is 0 Å². The zero-order valence-corrected chi connectivity index (χ0v) is 11.3. The molecule has 0 spiro atoms. The Bertz CT molecular complexity index is 342. The average Bonchev–Trinajstić information content (AvgIpc) is 2.91. The van der Waals surface area contributed by atoms with E-state index >= 15 is 0 Å². The highest BCUT2D eigenvalue weighted by Gasteiger charge is 2.31. The van der Waals surface area contributed by atoms with Crippen molar-refractivity contribution in [2.45, 2.75) is 44.2 Å². The van der Waals surface area contributed by atoms with Crippen molar-refractivity contribution in [2.24, 2.45) is 5.73 Å². The number of carboxylic acid groups (broad SMARTS) is 1. The van der Waals surface area contributed by atoms with E-state index in [0.29, 0.717) is 19.1 Å².